The van der Waals surface area contributed by atoms with Crippen LogP contribution in [0, 0.1) is 0 Å². The van der Waals surface area contributed by atoms with Crippen LogP contribution in [0.25, 0.3) is 0 Å². The standard InChI is InChI=1S/C12H9ClO5S2/c1-17-12(14)10-6-19-7-11(10)18-20(15,16)9-4-2-8(13)3-5-9/h2-7H,1H3. The zero-order valence-corrected chi connectivity index (χ0v) is 12.6. The van der Waals surface area contributed by atoms with Crippen LogP contribution in [-0.2, 0) is 14.9 Å². The Morgan fingerprint density at radius 1 is 1.20 bits per heavy atom. The Morgan fingerprint density at radius 2 is 1.85 bits per heavy atom. The number of benzene rings is 1. The van der Waals surface area contributed by atoms with Crippen LogP contribution in [0.1, 0.15) is 10.4 Å². The van der Waals surface area contributed by atoms with Crippen LogP contribution in [-0.4, -0.2) is 21.5 Å². The fraction of sp³-hybridized carbons (Fsp3) is 0.0833. The highest BCUT2D eigenvalue weighted by molar-refractivity contribution is 7.87. The lowest BCUT2D eigenvalue weighted by atomic mass is 10.3. The molecule has 1 aromatic heterocycles. The third-order valence-electron chi connectivity index (χ3n) is 2.33. The van der Waals surface area contributed by atoms with E-state index in [0.29, 0.717) is 5.02 Å². The molecule has 8 heteroatoms. The van der Waals surface area contributed by atoms with Crippen molar-refractivity contribution < 1.29 is 22.1 Å². The highest BCUT2D eigenvalue weighted by atomic mass is 35.5. The van der Waals surface area contributed by atoms with E-state index >= 15 is 0 Å². The molecule has 0 fully saturated rings. The molecule has 1 heterocycles. The smallest absolute Gasteiger partial charge is 0.342 e. The van der Waals surface area contributed by atoms with Gasteiger partial charge in [-0.25, -0.2) is 4.79 Å². The van der Waals surface area contributed by atoms with E-state index in [1.165, 1.54) is 42.1 Å². The van der Waals surface area contributed by atoms with Gasteiger partial charge >= 0.3 is 16.1 Å². The summed E-state index contributed by atoms with van der Waals surface area (Å²) >= 11 is 6.83. The molecule has 0 spiro atoms. The first-order chi connectivity index (χ1) is 9.44. The topological polar surface area (TPSA) is 69.7 Å². The minimum atomic E-state index is -4.02. The maximum atomic E-state index is 12.1. The van der Waals surface area contributed by atoms with E-state index in [1.807, 2.05) is 0 Å². The number of methoxy groups -OCH3 is 1. The van der Waals surface area contributed by atoms with Crippen molar-refractivity contribution >= 4 is 39.0 Å². The molecule has 0 aliphatic heterocycles. The van der Waals surface area contributed by atoms with Gasteiger partial charge < -0.3 is 8.92 Å². The fourth-order valence-electron chi connectivity index (χ4n) is 1.38. The molecule has 20 heavy (non-hydrogen) atoms. The molecule has 0 N–H and O–H groups in total. The fourth-order valence-corrected chi connectivity index (χ4v) is 3.22. The Kier molecular flexibility index (Phi) is 4.32. The van der Waals surface area contributed by atoms with E-state index in [0.717, 1.165) is 11.3 Å². The van der Waals surface area contributed by atoms with Crippen LogP contribution in [0.4, 0.5) is 0 Å². The molecule has 0 unspecified atom stereocenters. The van der Waals surface area contributed by atoms with Crippen LogP contribution >= 0.6 is 22.9 Å². The number of halogens is 1. The first-order valence-electron chi connectivity index (χ1n) is 5.28. The van der Waals surface area contributed by atoms with Gasteiger partial charge in [-0.05, 0) is 24.3 Å². The average molecular weight is 333 g/mol. The molecule has 0 saturated heterocycles. The lowest BCUT2D eigenvalue weighted by Crippen LogP contribution is -2.11. The number of esters is 1. The monoisotopic (exact) mass is 332 g/mol. The van der Waals surface area contributed by atoms with Crippen LogP contribution in [0.5, 0.6) is 5.75 Å². The minimum Gasteiger partial charge on any atom is -0.465 e. The normalized spacial score (nSPS) is 11.1. The zero-order chi connectivity index (χ0) is 14.8. The largest absolute Gasteiger partial charge is 0.465 e. The Balaban J connectivity index is 2.32. The van der Waals surface area contributed by atoms with Crippen LogP contribution in [0.15, 0.2) is 39.9 Å². The van der Waals surface area contributed by atoms with Gasteiger partial charge in [0.1, 0.15) is 10.5 Å². The van der Waals surface area contributed by atoms with E-state index in [-0.39, 0.29) is 16.2 Å². The summed E-state index contributed by atoms with van der Waals surface area (Å²) in [6, 6.07) is 5.52. The molecule has 0 bridgehead atoms. The van der Waals surface area contributed by atoms with Gasteiger partial charge in [0.15, 0.2) is 5.75 Å². The van der Waals surface area contributed by atoms with Gasteiger partial charge in [-0.2, -0.15) is 8.42 Å². The minimum absolute atomic E-state index is 0.0519. The second kappa shape index (κ2) is 5.82. The summed E-state index contributed by atoms with van der Waals surface area (Å²) in [7, 11) is -2.82. The van der Waals surface area contributed by atoms with Crippen molar-refractivity contribution in [3.8, 4) is 5.75 Å². The predicted octanol–water partition coefficient (Wildman–Crippen LogP) is 2.96. The zero-order valence-electron chi connectivity index (χ0n) is 10.2. The summed E-state index contributed by atoms with van der Waals surface area (Å²) in [6.45, 7) is 0. The van der Waals surface area contributed by atoms with Crippen molar-refractivity contribution in [1.82, 2.24) is 0 Å². The summed E-state index contributed by atoms with van der Waals surface area (Å²) in [5.41, 5.74) is 0.0649. The number of carbonyl (C=O) groups is 1. The summed E-state index contributed by atoms with van der Waals surface area (Å²) in [5, 5.41) is 3.29. The van der Waals surface area contributed by atoms with Gasteiger partial charge in [-0.3, -0.25) is 0 Å². The van der Waals surface area contributed by atoms with E-state index < -0.39 is 16.1 Å². The van der Waals surface area contributed by atoms with Crippen molar-refractivity contribution in [2.75, 3.05) is 7.11 Å². The van der Waals surface area contributed by atoms with Gasteiger partial charge in [0.05, 0.1) is 7.11 Å². The second-order valence-corrected chi connectivity index (χ2v) is 6.36. The average Bonchev–Trinajstić information content (AvgIpc) is 2.85. The maximum Gasteiger partial charge on any atom is 0.342 e. The Labute approximate surface area is 124 Å². The summed E-state index contributed by atoms with van der Waals surface area (Å²) < 4.78 is 33.6. The molecule has 0 radical (unpaired) electrons. The molecular weight excluding hydrogens is 324 g/mol. The molecule has 0 saturated carbocycles. The lowest BCUT2D eigenvalue weighted by Gasteiger charge is -2.07. The highest BCUT2D eigenvalue weighted by Gasteiger charge is 2.22. The Bertz CT molecular complexity index is 719. The molecule has 0 aliphatic carbocycles. The molecule has 0 atom stereocenters. The molecule has 1 aromatic carbocycles. The molecule has 2 aromatic rings. The molecule has 106 valence electrons. The van der Waals surface area contributed by atoms with Gasteiger partial charge in [-0.15, -0.1) is 11.3 Å². The molecular formula is C12H9ClO5S2. The van der Waals surface area contributed by atoms with Crippen LogP contribution < -0.4 is 4.18 Å². The van der Waals surface area contributed by atoms with Crippen molar-refractivity contribution in [3.05, 3.63) is 45.6 Å². The van der Waals surface area contributed by atoms with E-state index in [2.05, 4.69) is 4.74 Å². The van der Waals surface area contributed by atoms with Gasteiger partial charge in [0.2, 0.25) is 0 Å². The molecule has 0 amide bonds. The maximum absolute atomic E-state index is 12.1. The third-order valence-corrected chi connectivity index (χ3v) is 4.56. The molecule has 5 nitrogen and oxygen atoms in total. The number of rotatable bonds is 4. The Hall–Kier alpha value is -1.57. The predicted molar refractivity (Wildman–Crippen MR) is 74.9 cm³/mol. The van der Waals surface area contributed by atoms with Crippen molar-refractivity contribution in [3.63, 3.8) is 0 Å². The van der Waals surface area contributed by atoms with E-state index in [4.69, 9.17) is 15.8 Å². The van der Waals surface area contributed by atoms with Gasteiger partial charge in [-0.1, -0.05) is 11.6 Å². The van der Waals surface area contributed by atoms with Crippen LogP contribution in [0.3, 0.4) is 0 Å². The number of hydrogen-bond donors (Lipinski definition) is 0. The highest BCUT2D eigenvalue weighted by Crippen LogP contribution is 2.28. The molecule has 0 aliphatic rings. The summed E-state index contributed by atoms with van der Waals surface area (Å²) in [4.78, 5) is 11.4. The first kappa shape index (κ1) is 14.8. The third kappa shape index (κ3) is 3.12. The number of carbonyl (C=O) groups excluding carboxylic acids is 1. The van der Waals surface area contributed by atoms with Crippen LogP contribution in [0.2, 0.25) is 5.02 Å². The van der Waals surface area contributed by atoms with E-state index in [9.17, 15) is 13.2 Å². The first-order valence-corrected chi connectivity index (χ1v) is 8.01. The number of thiophene rings is 1. The second-order valence-electron chi connectivity index (χ2n) is 3.63. The lowest BCUT2D eigenvalue weighted by molar-refractivity contribution is 0.0599. The van der Waals surface area contributed by atoms with Gasteiger partial charge in [0, 0.05) is 15.8 Å². The van der Waals surface area contributed by atoms with Gasteiger partial charge in [0.25, 0.3) is 0 Å². The quantitative estimate of drug-likeness (QED) is 0.636. The summed E-state index contributed by atoms with van der Waals surface area (Å²) in [6.07, 6.45) is 0. The molecule has 2 rings (SSSR count). The SMILES string of the molecule is COC(=O)c1cscc1OS(=O)(=O)c1ccc(Cl)cc1. The number of ether oxygens (including phenoxy) is 1. The Morgan fingerprint density at radius 3 is 2.45 bits per heavy atom. The van der Waals surface area contributed by atoms with Crippen molar-refractivity contribution in [2.45, 2.75) is 4.90 Å². The van der Waals surface area contributed by atoms with E-state index in [1.54, 1.807) is 0 Å². The summed E-state index contributed by atoms with van der Waals surface area (Å²) in [5.74, 6) is -0.718. The number of hydrogen-bond acceptors (Lipinski definition) is 6. The van der Waals surface area contributed by atoms with Crippen molar-refractivity contribution in [1.29, 1.82) is 0 Å². The van der Waals surface area contributed by atoms with Crippen molar-refractivity contribution in [2.24, 2.45) is 0 Å².